The third-order valence-corrected chi connectivity index (χ3v) is 6.32. The SMILES string of the molecule is COc1ccc(OC)c(N2C(=S)N[C@@H](c3ccccn3)[C@@H]2c2sccc2C)c1. The molecule has 7 heteroatoms. The molecule has 0 aliphatic carbocycles. The molecule has 3 aromatic rings. The first-order chi connectivity index (χ1) is 13.6. The van der Waals surface area contributed by atoms with E-state index in [1.54, 1.807) is 25.6 Å². The molecule has 144 valence electrons. The van der Waals surface area contributed by atoms with Crippen LogP contribution < -0.4 is 19.7 Å². The van der Waals surface area contributed by atoms with Gasteiger partial charge in [0.15, 0.2) is 5.11 Å². The molecule has 0 saturated carbocycles. The van der Waals surface area contributed by atoms with Crippen LogP contribution >= 0.6 is 23.6 Å². The zero-order valence-electron chi connectivity index (χ0n) is 15.9. The Morgan fingerprint density at radius 3 is 2.64 bits per heavy atom. The molecule has 2 aromatic heterocycles. The first kappa shape index (κ1) is 18.7. The molecule has 0 bridgehead atoms. The van der Waals surface area contributed by atoms with E-state index in [9.17, 15) is 0 Å². The van der Waals surface area contributed by atoms with Gasteiger partial charge in [-0.05, 0) is 60.4 Å². The highest BCUT2D eigenvalue weighted by Crippen LogP contribution is 2.47. The zero-order valence-corrected chi connectivity index (χ0v) is 17.5. The van der Waals surface area contributed by atoms with Gasteiger partial charge in [0.1, 0.15) is 11.5 Å². The molecule has 1 aliphatic heterocycles. The summed E-state index contributed by atoms with van der Waals surface area (Å²) in [5.74, 6) is 1.49. The number of benzene rings is 1. The predicted molar refractivity (Wildman–Crippen MR) is 117 cm³/mol. The number of hydrogen-bond donors (Lipinski definition) is 1. The molecule has 0 unspecified atom stereocenters. The molecule has 1 aromatic carbocycles. The maximum absolute atomic E-state index is 5.78. The summed E-state index contributed by atoms with van der Waals surface area (Å²) in [5, 5.41) is 6.23. The van der Waals surface area contributed by atoms with Crippen molar-refractivity contribution in [2.24, 2.45) is 0 Å². The molecular weight excluding hydrogens is 390 g/mol. The Morgan fingerprint density at radius 2 is 2.00 bits per heavy atom. The largest absolute Gasteiger partial charge is 0.497 e. The number of thiocarbonyl (C=S) groups is 1. The van der Waals surface area contributed by atoms with Gasteiger partial charge in [-0.2, -0.15) is 0 Å². The number of aryl methyl sites for hydroxylation is 1. The van der Waals surface area contributed by atoms with Crippen molar-refractivity contribution >= 4 is 34.4 Å². The van der Waals surface area contributed by atoms with Crippen LogP contribution in [0.1, 0.15) is 28.2 Å². The minimum atomic E-state index is -0.0676. The van der Waals surface area contributed by atoms with E-state index in [0.717, 1.165) is 22.9 Å². The number of nitrogens with one attached hydrogen (secondary N) is 1. The van der Waals surface area contributed by atoms with Crippen molar-refractivity contribution in [3.63, 3.8) is 0 Å². The lowest BCUT2D eigenvalue weighted by molar-refractivity contribution is 0.403. The van der Waals surface area contributed by atoms with Crippen LogP contribution in [0.25, 0.3) is 0 Å². The quantitative estimate of drug-likeness (QED) is 0.617. The average Bonchev–Trinajstić information content (AvgIpc) is 3.30. The molecule has 3 heterocycles. The van der Waals surface area contributed by atoms with E-state index < -0.39 is 0 Å². The smallest absolute Gasteiger partial charge is 0.174 e. The summed E-state index contributed by atoms with van der Waals surface area (Å²) < 4.78 is 11.1. The second-order valence-electron chi connectivity index (χ2n) is 6.50. The number of nitrogens with zero attached hydrogens (tertiary/aromatic N) is 2. The Hall–Kier alpha value is -2.64. The number of rotatable bonds is 5. The number of methoxy groups -OCH3 is 2. The maximum Gasteiger partial charge on any atom is 0.174 e. The summed E-state index contributed by atoms with van der Waals surface area (Å²) in [6.45, 7) is 2.13. The fraction of sp³-hybridized carbons (Fsp3) is 0.238. The number of pyridine rings is 1. The van der Waals surface area contributed by atoms with E-state index >= 15 is 0 Å². The summed E-state index contributed by atoms with van der Waals surface area (Å²) in [5.41, 5.74) is 3.05. The van der Waals surface area contributed by atoms with Gasteiger partial charge >= 0.3 is 0 Å². The van der Waals surface area contributed by atoms with Crippen molar-refractivity contribution in [1.29, 1.82) is 0 Å². The van der Waals surface area contributed by atoms with Crippen LogP contribution in [0.2, 0.25) is 0 Å². The molecule has 0 radical (unpaired) electrons. The Kier molecular flexibility index (Phi) is 5.19. The summed E-state index contributed by atoms with van der Waals surface area (Å²) in [7, 11) is 3.32. The van der Waals surface area contributed by atoms with Crippen LogP contribution in [-0.2, 0) is 0 Å². The van der Waals surface area contributed by atoms with Crippen molar-refractivity contribution in [1.82, 2.24) is 10.3 Å². The summed E-state index contributed by atoms with van der Waals surface area (Å²) >= 11 is 7.50. The van der Waals surface area contributed by atoms with Gasteiger partial charge in [0.25, 0.3) is 0 Å². The maximum atomic E-state index is 5.78. The van der Waals surface area contributed by atoms with Gasteiger partial charge < -0.3 is 19.7 Å². The summed E-state index contributed by atoms with van der Waals surface area (Å²) in [6, 6.07) is 13.7. The van der Waals surface area contributed by atoms with Crippen LogP contribution in [0.5, 0.6) is 11.5 Å². The molecule has 2 atom stereocenters. The van der Waals surface area contributed by atoms with Gasteiger partial charge in [0.2, 0.25) is 0 Å². The number of hydrogen-bond acceptors (Lipinski definition) is 5. The van der Waals surface area contributed by atoms with E-state index in [-0.39, 0.29) is 12.1 Å². The second kappa shape index (κ2) is 7.77. The van der Waals surface area contributed by atoms with Gasteiger partial charge in [0.05, 0.1) is 37.7 Å². The second-order valence-corrected chi connectivity index (χ2v) is 7.84. The Morgan fingerprint density at radius 1 is 1.14 bits per heavy atom. The molecule has 1 N–H and O–H groups in total. The van der Waals surface area contributed by atoms with Crippen molar-refractivity contribution < 1.29 is 9.47 Å². The highest BCUT2D eigenvalue weighted by atomic mass is 32.1. The van der Waals surface area contributed by atoms with E-state index in [2.05, 4.69) is 33.6 Å². The van der Waals surface area contributed by atoms with E-state index in [0.29, 0.717) is 5.11 Å². The molecule has 1 fully saturated rings. The molecule has 4 rings (SSSR count). The number of thiophene rings is 1. The molecule has 0 amide bonds. The first-order valence-corrected chi connectivity index (χ1v) is 10.2. The Labute approximate surface area is 173 Å². The van der Waals surface area contributed by atoms with Crippen molar-refractivity contribution in [3.8, 4) is 11.5 Å². The van der Waals surface area contributed by atoms with E-state index in [4.69, 9.17) is 21.7 Å². The Balaban J connectivity index is 1.88. The fourth-order valence-electron chi connectivity index (χ4n) is 3.55. The van der Waals surface area contributed by atoms with Crippen molar-refractivity contribution in [3.05, 3.63) is 70.2 Å². The topological polar surface area (TPSA) is 46.6 Å². The van der Waals surface area contributed by atoms with Gasteiger partial charge in [-0.15, -0.1) is 11.3 Å². The van der Waals surface area contributed by atoms with Crippen LogP contribution in [0.15, 0.2) is 54.0 Å². The third kappa shape index (κ3) is 3.21. The van der Waals surface area contributed by atoms with Crippen LogP contribution in [0.4, 0.5) is 5.69 Å². The van der Waals surface area contributed by atoms with Crippen LogP contribution in [0.3, 0.4) is 0 Å². The fourth-order valence-corrected chi connectivity index (χ4v) is 4.95. The zero-order chi connectivity index (χ0) is 19.7. The third-order valence-electron chi connectivity index (χ3n) is 4.91. The molecule has 5 nitrogen and oxygen atoms in total. The average molecular weight is 412 g/mol. The highest BCUT2D eigenvalue weighted by molar-refractivity contribution is 7.80. The summed E-state index contributed by atoms with van der Waals surface area (Å²) in [6.07, 6.45) is 1.81. The van der Waals surface area contributed by atoms with E-state index in [1.807, 2.05) is 42.6 Å². The van der Waals surface area contributed by atoms with Crippen molar-refractivity contribution in [2.75, 3.05) is 19.1 Å². The van der Waals surface area contributed by atoms with Gasteiger partial charge in [-0.3, -0.25) is 4.98 Å². The standard InChI is InChI=1S/C21H21N3O2S2/c1-13-9-11-28-20(13)19-18(15-6-4-5-10-22-15)23-21(27)24(19)16-12-14(25-2)7-8-17(16)26-3/h4-12,18-19H,1-3H3,(H,23,27)/t18-,19+/m0/s1. The molecule has 1 saturated heterocycles. The minimum absolute atomic E-state index is 0.0385. The van der Waals surface area contributed by atoms with Crippen molar-refractivity contribution in [2.45, 2.75) is 19.0 Å². The lowest BCUT2D eigenvalue weighted by Crippen LogP contribution is -2.29. The van der Waals surface area contributed by atoms with Crippen LogP contribution in [0, 0.1) is 6.92 Å². The highest BCUT2D eigenvalue weighted by Gasteiger charge is 2.43. The molecule has 0 spiro atoms. The van der Waals surface area contributed by atoms with Crippen LogP contribution in [-0.4, -0.2) is 24.3 Å². The molecule has 1 aliphatic rings. The Bertz CT molecular complexity index is 990. The molecule has 28 heavy (non-hydrogen) atoms. The first-order valence-electron chi connectivity index (χ1n) is 8.90. The lowest BCUT2D eigenvalue weighted by Gasteiger charge is -2.29. The normalized spacial score (nSPS) is 18.8. The monoisotopic (exact) mass is 411 g/mol. The minimum Gasteiger partial charge on any atom is -0.497 e. The number of ether oxygens (including phenoxy) is 2. The van der Waals surface area contributed by atoms with E-state index in [1.165, 1.54) is 10.4 Å². The summed E-state index contributed by atoms with van der Waals surface area (Å²) in [4.78, 5) is 7.95. The van der Waals surface area contributed by atoms with Gasteiger partial charge in [-0.25, -0.2) is 0 Å². The number of aromatic nitrogens is 1. The lowest BCUT2D eigenvalue weighted by atomic mass is 10.0. The molecular formula is C21H21N3O2S2. The number of anilines is 1. The van der Waals surface area contributed by atoms with Gasteiger partial charge in [0, 0.05) is 17.1 Å². The van der Waals surface area contributed by atoms with Gasteiger partial charge in [-0.1, -0.05) is 6.07 Å². The predicted octanol–water partition coefficient (Wildman–Crippen LogP) is 4.65.